The average Bonchev–Trinajstić information content (AvgIpc) is 2.89. The number of methoxy groups -OCH3 is 1. The van der Waals surface area contributed by atoms with E-state index >= 15 is 0 Å². The van der Waals surface area contributed by atoms with E-state index < -0.39 is 0 Å². The van der Waals surface area contributed by atoms with Gasteiger partial charge in [-0.2, -0.15) is 0 Å². The molecule has 0 spiro atoms. The predicted molar refractivity (Wildman–Crippen MR) is 81.4 cm³/mol. The van der Waals surface area contributed by atoms with Crippen LogP contribution in [0.5, 0.6) is 5.75 Å². The first kappa shape index (κ1) is 14.5. The molecule has 1 fully saturated rings. The van der Waals surface area contributed by atoms with Crippen molar-refractivity contribution in [2.45, 2.75) is 19.0 Å². The molecule has 3 rings (SSSR count). The lowest BCUT2D eigenvalue weighted by Gasteiger charge is -2.39. The summed E-state index contributed by atoms with van der Waals surface area (Å²) >= 11 is 0. The molecular weight excluding hydrogens is 282 g/mol. The highest BCUT2D eigenvalue weighted by atomic mass is 16.5. The minimum Gasteiger partial charge on any atom is -0.497 e. The summed E-state index contributed by atoms with van der Waals surface area (Å²) in [6.45, 7) is 1.67. The van der Waals surface area contributed by atoms with Crippen LogP contribution in [0.4, 0.5) is 5.95 Å². The van der Waals surface area contributed by atoms with Gasteiger partial charge in [-0.25, -0.2) is 0 Å². The Hall–Kier alpha value is -2.41. The molecule has 1 aromatic heterocycles. The van der Waals surface area contributed by atoms with E-state index in [4.69, 9.17) is 4.74 Å². The number of aromatic nitrogens is 3. The zero-order valence-corrected chi connectivity index (χ0v) is 12.7. The normalized spacial score (nSPS) is 17.8. The topological polar surface area (TPSA) is 72.3 Å². The number of nitrogens with one attached hydrogen (secondary N) is 1. The fourth-order valence-corrected chi connectivity index (χ4v) is 2.48. The molecule has 1 amide bonds. The van der Waals surface area contributed by atoms with Crippen molar-refractivity contribution < 1.29 is 9.53 Å². The minimum atomic E-state index is -0.112. The molecule has 0 bridgehead atoms. The third-order valence-electron chi connectivity index (χ3n) is 3.92. The Morgan fingerprint density at radius 1 is 1.41 bits per heavy atom. The molecule has 22 heavy (non-hydrogen) atoms. The van der Waals surface area contributed by atoms with Gasteiger partial charge in [0.15, 0.2) is 0 Å². The van der Waals surface area contributed by atoms with Crippen LogP contribution in [-0.4, -0.2) is 45.3 Å². The first-order valence-corrected chi connectivity index (χ1v) is 7.19. The van der Waals surface area contributed by atoms with E-state index in [1.165, 1.54) is 0 Å². The van der Waals surface area contributed by atoms with Crippen LogP contribution in [0.2, 0.25) is 0 Å². The second-order valence-corrected chi connectivity index (χ2v) is 5.38. The maximum atomic E-state index is 12.3. The Morgan fingerprint density at radius 3 is 2.73 bits per heavy atom. The number of aryl methyl sites for hydroxylation is 1. The smallest absolute Gasteiger partial charge is 0.244 e. The number of benzene rings is 1. The van der Waals surface area contributed by atoms with Crippen molar-refractivity contribution in [2.24, 2.45) is 7.05 Å². The van der Waals surface area contributed by atoms with E-state index in [0.29, 0.717) is 5.95 Å². The van der Waals surface area contributed by atoms with Crippen LogP contribution in [0.25, 0.3) is 0 Å². The summed E-state index contributed by atoms with van der Waals surface area (Å²) in [7, 11) is 3.45. The highest BCUT2D eigenvalue weighted by molar-refractivity contribution is 5.94. The summed E-state index contributed by atoms with van der Waals surface area (Å²) in [5.74, 6) is 1.28. The standard InChI is InChI=1S/C15H19N5O2/c1-19-10-16-18-15(19)17-14(21)13-7-8-20(13)9-11-3-5-12(22-2)6-4-11/h3-6,10,13H,7-9H2,1-2H3,(H,17,18,21). The summed E-state index contributed by atoms with van der Waals surface area (Å²) in [5.41, 5.74) is 1.16. The van der Waals surface area contributed by atoms with Gasteiger partial charge in [0.2, 0.25) is 11.9 Å². The third kappa shape index (κ3) is 2.94. The van der Waals surface area contributed by atoms with E-state index in [-0.39, 0.29) is 11.9 Å². The summed E-state index contributed by atoms with van der Waals surface area (Å²) in [6.07, 6.45) is 2.42. The van der Waals surface area contributed by atoms with Crippen LogP contribution in [0.3, 0.4) is 0 Å². The molecule has 116 valence electrons. The molecule has 1 atom stereocenters. The average molecular weight is 301 g/mol. The minimum absolute atomic E-state index is 0.0316. The predicted octanol–water partition coefficient (Wildman–Crippen LogP) is 1.04. The highest BCUT2D eigenvalue weighted by Crippen LogP contribution is 2.22. The zero-order valence-electron chi connectivity index (χ0n) is 12.7. The van der Waals surface area contributed by atoms with Crippen LogP contribution in [0.15, 0.2) is 30.6 Å². The van der Waals surface area contributed by atoms with Crippen LogP contribution < -0.4 is 10.1 Å². The zero-order chi connectivity index (χ0) is 15.5. The maximum absolute atomic E-state index is 12.3. The maximum Gasteiger partial charge on any atom is 0.244 e. The number of anilines is 1. The molecule has 2 heterocycles. The van der Waals surface area contributed by atoms with Gasteiger partial charge in [-0.15, -0.1) is 10.2 Å². The van der Waals surface area contributed by atoms with Gasteiger partial charge in [-0.1, -0.05) is 12.1 Å². The lowest BCUT2D eigenvalue weighted by molar-refractivity contribution is -0.125. The number of hydrogen-bond acceptors (Lipinski definition) is 5. The molecule has 1 aliphatic rings. The van der Waals surface area contributed by atoms with Crippen molar-refractivity contribution in [1.29, 1.82) is 0 Å². The van der Waals surface area contributed by atoms with Crippen molar-refractivity contribution in [1.82, 2.24) is 19.7 Å². The molecule has 1 saturated heterocycles. The summed E-state index contributed by atoms with van der Waals surface area (Å²) < 4.78 is 6.84. The van der Waals surface area contributed by atoms with Gasteiger partial charge in [-0.05, 0) is 24.1 Å². The van der Waals surface area contributed by atoms with Gasteiger partial charge < -0.3 is 9.30 Å². The van der Waals surface area contributed by atoms with E-state index in [1.54, 1.807) is 25.1 Å². The molecule has 7 heteroatoms. The monoisotopic (exact) mass is 301 g/mol. The fourth-order valence-electron chi connectivity index (χ4n) is 2.48. The Bertz CT molecular complexity index is 652. The summed E-state index contributed by atoms with van der Waals surface area (Å²) in [6, 6.07) is 7.80. The molecule has 7 nitrogen and oxygen atoms in total. The van der Waals surface area contributed by atoms with E-state index in [2.05, 4.69) is 20.4 Å². The summed E-state index contributed by atoms with van der Waals surface area (Å²) in [5, 5.41) is 10.4. The quantitative estimate of drug-likeness (QED) is 0.893. The highest BCUT2D eigenvalue weighted by Gasteiger charge is 2.34. The first-order valence-electron chi connectivity index (χ1n) is 7.19. The summed E-state index contributed by atoms with van der Waals surface area (Å²) in [4.78, 5) is 14.4. The van der Waals surface area contributed by atoms with E-state index in [9.17, 15) is 4.79 Å². The molecule has 0 aliphatic carbocycles. The lowest BCUT2D eigenvalue weighted by Crippen LogP contribution is -2.53. The lowest BCUT2D eigenvalue weighted by atomic mass is 10.0. The van der Waals surface area contributed by atoms with Gasteiger partial charge in [0.05, 0.1) is 13.2 Å². The van der Waals surface area contributed by atoms with Crippen LogP contribution in [0.1, 0.15) is 12.0 Å². The number of likely N-dealkylation sites (tertiary alicyclic amines) is 1. The van der Waals surface area contributed by atoms with Crippen molar-refractivity contribution in [2.75, 3.05) is 19.0 Å². The Kier molecular flexibility index (Phi) is 4.06. The van der Waals surface area contributed by atoms with Crippen LogP contribution in [0, 0.1) is 0 Å². The van der Waals surface area contributed by atoms with Crippen molar-refractivity contribution >= 4 is 11.9 Å². The number of hydrogen-bond donors (Lipinski definition) is 1. The molecular formula is C15H19N5O2. The molecule has 1 aromatic carbocycles. The third-order valence-corrected chi connectivity index (χ3v) is 3.92. The van der Waals surface area contributed by atoms with Crippen molar-refractivity contribution in [3.05, 3.63) is 36.2 Å². The van der Waals surface area contributed by atoms with E-state index in [1.807, 2.05) is 24.3 Å². The number of carbonyl (C=O) groups excluding carboxylic acids is 1. The number of ether oxygens (including phenoxy) is 1. The first-order chi connectivity index (χ1) is 10.7. The molecule has 2 aromatic rings. The molecule has 1 unspecified atom stereocenters. The number of nitrogens with zero attached hydrogens (tertiary/aromatic N) is 4. The van der Waals surface area contributed by atoms with Gasteiger partial charge in [-0.3, -0.25) is 15.0 Å². The number of rotatable bonds is 5. The number of carbonyl (C=O) groups is 1. The van der Waals surface area contributed by atoms with Crippen LogP contribution in [-0.2, 0) is 18.4 Å². The van der Waals surface area contributed by atoms with E-state index in [0.717, 1.165) is 30.8 Å². The Morgan fingerprint density at radius 2 is 2.18 bits per heavy atom. The molecule has 0 saturated carbocycles. The van der Waals surface area contributed by atoms with Crippen molar-refractivity contribution in [3.63, 3.8) is 0 Å². The van der Waals surface area contributed by atoms with Crippen LogP contribution >= 0.6 is 0 Å². The largest absolute Gasteiger partial charge is 0.497 e. The van der Waals surface area contributed by atoms with Crippen molar-refractivity contribution in [3.8, 4) is 5.75 Å². The van der Waals surface area contributed by atoms with Gasteiger partial charge >= 0.3 is 0 Å². The number of amides is 1. The van der Waals surface area contributed by atoms with Gasteiger partial charge in [0, 0.05) is 20.1 Å². The fraction of sp³-hybridized carbons (Fsp3) is 0.400. The second kappa shape index (κ2) is 6.15. The molecule has 1 aliphatic heterocycles. The SMILES string of the molecule is COc1ccc(CN2CCC2C(=O)Nc2nncn2C)cc1. The van der Waals surface area contributed by atoms with Gasteiger partial charge in [0.1, 0.15) is 12.1 Å². The second-order valence-electron chi connectivity index (χ2n) is 5.38. The Balaban J connectivity index is 1.59. The molecule has 1 N–H and O–H groups in total. The molecule has 0 radical (unpaired) electrons. The van der Waals surface area contributed by atoms with Gasteiger partial charge in [0.25, 0.3) is 0 Å². The Labute approximate surface area is 128 Å².